The van der Waals surface area contributed by atoms with Gasteiger partial charge in [0.1, 0.15) is 12.0 Å². The van der Waals surface area contributed by atoms with Crippen LogP contribution in [-0.2, 0) is 6.54 Å². The van der Waals surface area contributed by atoms with Gasteiger partial charge < -0.3 is 16.4 Å². The van der Waals surface area contributed by atoms with Crippen LogP contribution in [0.15, 0.2) is 48.8 Å². The summed E-state index contributed by atoms with van der Waals surface area (Å²) in [6, 6.07) is 14.5. The third kappa shape index (κ3) is 3.68. The molecule has 0 atom stereocenters. The first-order chi connectivity index (χ1) is 13.1. The van der Waals surface area contributed by atoms with E-state index in [0.29, 0.717) is 23.9 Å². The van der Waals surface area contributed by atoms with Crippen molar-refractivity contribution in [1.82, 2.24) is 15.0 Å². The molecule has 0 aliphatic heterocycles. The number of aryl methyl sites for hydroxylation is 2. The summed E-state index contributed by atoms with van der Waals surface area (Å²) in [5.74, 6) is 1.15. The molecule has 2 aromatic carbocycles. The molecule has 0 aliphatic carbocycles. The van der Waals surface area contributed by atoms with Gasteiger partial charge >= 0.3 is 0 Å². The SMILES string of the molecule is Cc1ccc(CNc2ncnc(Nc3nc4c(C)cccc4s3)c2N)cc1. The number of rotatable bonds is 5. The summed E-state index contributed by atoms with van der Waals surface area (Å²) in [5.41, 5.74) is 11.3. The van der Waals surface area contributed by atoms with Crippen molar-refractivity contribution < 1.29 is 0 Å². The number of hydrogen-bond acceptors (Lipinski definition) is 7. The van der Waals surface area contributed by atoms with Gasteiger partial charge in [-0.05, 0) is 31.0 Å². The predicted octanol–water partition coefficient (Wildman–Crippen LogP) is 4.64. The Morgan fingerprint density at radius 1 is 1.00 bits per heavy atom. The fraction of sp³-hybridized carbons (Fsp3) is 0.150. The molecule has 2 heterocycles. The highest BCUT2D eigenvalue weighted by Crippen LogP contribution is 2.32. The van der Waals surface area contributed by atoms with E-state index < -0.39 is 0 Å². The second-order valence-corrected chi connectivity index (χ2v) is 7.42. The van der Waals surface area contributed by atoms with E-state index in [1.54, 1.807) is 11.3 Å². The van der Waals surface area contributed by atoms with Crippen LogP contribution in [0.3, 0.4) is 0 Å². The molecule has 0 radical (unpaired) electrons. The Morgan fingerprint density at radius 2 is 1.78 bits per heavy atom. The Balaban J connectivity index is 1.54. The Bertz CT molecular complexity index is 1090. The van der Waals surface area contributed by atoms with E-state index >= 15 is 0 Å². The van der Waals surface area contributed by atoms with Crippen LogP contribution < -0.4 is 16.4 Å². The zero-order valence-corrected chi connectivity index (χ0v) is 16.0. The van der Waals surface area contributed by atoms with Crippen LogP contribution in [0.4, 0.5) is 22.5 Å². The summed E-state index contributed by atoms with van der Waals surface area (Å²) in [6.07, 6.45) is 1.49. The second-order valence-electron chi connectivity index (χ2n) is 6.39. The van der Waals surface area contributed by atoms with Crippen molar-refractivity contribution >= 4 is 44.0 Å². The molecular weight excluding hydrogens is 356 g/mol. The van der Waals surface area contributed by atoms with Crippen molar-refractivity contribution in [3.8, 4) is 0 Å². The highest BCUT2D eigenvalue weighted by molar-refractivity contribution is 7.22. The molecule has 0 saturated heterocycles. The third-order valence-corrected chi connectivity index (χ3v) is 5.25. The summed E-state index contributed by atoms with van der Waals surface area (Å²) in [5, 5.41) is 7.26. The maximum Gasteiger partial charge on any atom is 0.189 e. The van der Waals surface area contributed by atoms with E-state index in [0.717, 1.165) is 26.5 Å². The normalized spacial score (nSPS) is 10.9. The number of thiazole rings is 1. The molecule has 0 bridgehead atoms. The number of aromatic nitrogens is 3. The molecule has 136 valence electrons. The number of benzene rings is 2. The van der Waals surface area contributed by atoms with Crippen LogP contribution in [0.25, 0.3) is 10.2 Å². The molecule has 0 aliphatic rings. The third-order valence-electron chi connectivity index (χ3n) is 4.31. The Hall–Kier alpha value is -3.19. The van der Waals surface area contributed by atoms with Crippen LogP contribution in [0.5, 0.6) is 0 Å². The molecule has 4 N–H and O–H groups in total. The Kier molecular flexibility index (Phi) is 4.60. The lowest BCUT2D eigenvalue weighted by Crippen LogP contribution is -2.08. The Labute approximate surface area is 161 Å². The van der Waals surface area contributed by atoms with Crippen LogP contribution in [0, 0.1) is 13.8 Å². The number of fused-ring (bicyclic) bond motifs is 1. The molecule has 7 heteroatoms. The van der Waals surface area contributed by atoms with Gasteiger partial charge in [-0.1, -0.05) is 53.3 Å². The molecule has 0 spiro atoms. The summed E-state index contributed by atoms with van der Waals surface area (Å²) in [4.78, 5) is 13.2. The minimum absolute atomic E-state index is 0.473. The topological polar surface area (TPSA) is 88.8 Å². The van der Waals surface area contributed by atoms with Gasteiger partial charge in [0, 0.05) is 6.54 Å². The predicted molar refractivity (Wildman–Crippen MR) is 113 cm³/mol. The highest BCUT2D eigenvalue weighted by atomic mass is 32.1. The van der Waals surface area contributed by atoms with E-state index in [1.165, 1.54) is 11.9 Å². The highest BCUT2D eigenvalue weighted by Gasteiger charge is 2.11. The number of para-hydroxylation sites is 1. The molecule has 2 aromatic heterocycles. The van der Waals surface area contributed by atoms with Crippen molar-refractivity contribution in [2.24, 2.45) is 0 Å². The van der Waals surface area contributed by atoms with Crippen molar-refractivity contribution in [3.05, 3.63) is 65.5 Å². The fourth-order valence-corrected chi connectivity index (χ4v) is 3.71. The molecule has 0 unspecified atom stereocenters. The van der Waals surface area contributed by atoms with E-state index in [1.807, 2.05) is 6.07 Å². The first-order valence-electron chi connectivity index (χ1n) is 8.63. The lowest BCUT2D eigenvalue weighted by molar-refractivity contribution is 1.08. The number of nitrogens with two attached hydrogens (primary N) is 1. The zero-order valence-electron chi connectivity index (χ0n) is 15.2. The molecule has 0 saturated carbocycles. The van der Waals surface area contributed by atoms with E-state index in [9.17, 15) is 0 Å². The molecule has 4 rings (SSSR count). The van der Waals surface area contributed by atoms with Gasteiger partial charge in [-0.15, -0.1) is 0 Å². The number of nitrogen functional groups attached to an aromatic ring is 1. The van der Waals surface area contributed by atoms with Gasteiger partial charge in [0.25, 0.3) is 0 Å². The van der Waals surface area contributed by atoms with Gasteiger partial charge in [-0.25, -0.2) is 15.0 Å². The summed E-state index contributed by atoms with van der Waals surface area (Å²) in [6.45, 7) is 4.76. The fourth-order valence-electron chi connectivity index (χ4n) is 2.77. The standard InChI is InChI=1S/C20H20N6S/c1-12-6-8-14(9-7-12)10-22-18-16(21)19(24-11-23-18)26-20-25-17-13(2)4-3-5-15(17)27-20/h3-9,11H,10,21H2,1-2H3,(H2,22,23,24,25,26). The van der Waals surface area contributed by atoms with Crippen molar-refractivity contribution in [3.63, 3.8) is 0 Å². The molecule has 27 heavy (non-hydrogen) atoms. The van der Waals surface area contributed by atoms with Crippen molar-refractivity contribution in [2.75, 3.05) is 16.4 Å². The average molecular weight is 376 g/mol. The second kappa shape index (κ2) is 7.20. The van der Waals surface area contributed by atoms with Gasteiger partial charge in [0.05, 0.1) is 10.2 Å². The summed E-state index contributed by atoms with van der Waals surface area (Å²) in [7, 11) is 0. The first kappa shape index (κ1) is 17.2. The average Bonchev–Trinajstić information content (AvgIpc) is 3.08. The summed E-state index contributed by atoms with van der Waals surface area (Å²) < 4.78 is 1.13. The molecule has 0 amide bonds. The molecule has 6 nitrogen and oxygen atoms in total. The summed E-state index contributed by atoms with van der Waals surface area (Å²) >= 11 is 1.57. The monoisotopic (exact) mass is 376 g/mol. The molecule has 4 aromatic rings. The minimum Gasteiger partial charge on any atom is -0.393 e. The largest absolute Gasteiger partial charge is 0.393 e. The van der Waals surface area contributed by atoms with E-state index in [-0.39, 0.29) is 0 Å². The maximum absolute atomic E-state index is 6.27. The number of anilines is 4. The minimum atomic E-state index is 0.473. The van der Waals surface area contributed by atoms with Crippen molar-refractivity contribution in [2.45, 2.75) is 20.4 Å². The first-order valence-corrected chi connectivity index (χ1v) is 9.45. The van der Waals surface area contributed by atoms with Crippen LogP contribution in [0.2, 0.25) is 0 Å². The smallest absolute Gasteiger partial charge is 0.189 e. The lowest BCUT2D eigenvalue weighted by Gasteiger charge is -2.11. The number of nitrogens with zero attached hydrogens (tertiary/aromatic N) is 3. The van der Waals surface area contributed by atoms with Gasteiger partial charge in [-0.2, -0.15) is 0 Å². The van der Waals surface area contributed by atoms with Crippen LogP contribution in [-0.4, -0.2) is 15.0 Å². The van der Waals surface area contributed by atoms with Gasteiger partial charge in [0.15, 0.2) is 16.8 Å². The number of nitrogens with one attached hydrogen (secondary N) is 2. The number of hydrogen-bond donors (Lipinski definition) is 3. The molecule has 0 fully saturated rings. The maximum atomic E-state index is 6.27. The van der Waals surface area contributed by atoms with Gasteiger partial charge in [0.2, 0.25) is 0 Å². The van der Waals surface area contributed by atoms with Crippen molar-refractivity contribution in [1.29, 1.82) is 0 Å². The lowest BCUT2D eigenvalue weighted by atomic mass is 10.1. The zero-order chi connectivity index (χ0) is 18.8. The van der Waals surface area contributed by atoms with Crippen LogP contribution in [0.1, 0.15) is 16.7 Å². The van der Waals surface area contributed by atoms with E-state index in [2.05, 4.69) is 75.8 Å². The van der Waals surface area contributed by atoms with Crippen LogP contribution >= 0.6 is 11.3 Å². The van der Waals surface area contributed by atoms with E-state index in [4.69, 9.17) is 5.73 Å². The quantitative estimate of drug-likeness (QED) is 0.470. The van der Waals surface area contributed by atoms with Gasteiger partial charge in [-0.3, -0.25) is 0 Å². The Morgan fingerprint density at radius 3 is 2.56 bits per heavy atom. The molecular formula is C20H20N6S.